The number of benzene rings is 1. The molecular weight excluding hydrogens is 298 g/mol. The Kier molecular flexibility index (Phi) is 5.13. The van der Waals surface area contributed by atoms with E-state index in [1.807, 2.05) is 39.0 Å². The molecule has 0 bridgehead atoms. The number of carbonyl (C=O) groups excluding carboxylic acids is 2. The fourth-order valence-electron chi connectivity index (χ4n) is 2.12. The van der Waals surface area contributed by atoms with Crippen LogP contribution in [0.1, 0.15) is 39.7 Å². The highest BCUT2D eigenvalue weighted by Crippen LogP contribution is 2.32. The average molecular weight is 321 g/mol. The first-order valence-corrected chi connectivity index (χ1v) is 7.64. The average Bonchev–Trinajstić information content (AvgIpc) is 2.90. The quantitative estimate of drug-likeness (QED) is 0.842. The molecular formula is C17H23NO5. The predicted molar refractivity (Wildman–Crippen MR) is 84.3 cm³/mol. The lowest BCUT2D eigenvalue weighted by atomic mass is 10.1. The zero-order valence-electron chi connectivity index (χ0n) is 14.0. The van der Waals surface area contributed by atoms with Crippen LogP contribution in [0.25, 0.3) is 0 Å². The number of esters is 1. The summed E-state index contributed by atoms with van der Waals surface area (Å²) in [6.07, 6.45) is -0.0888. The van der Waals surface area contributed by atoms with Crippen molar-refractivity contribution in [2.75, 3.05) is 6.79 Å². The molecule has 0 aliphatic carbocycles. The number of rotatable bonds is 5. The molecule has 1 N–H and O–H groups in total. The third kappa shape index (κ3) is 5.16. The summed E-state index contributed by atoms with van der Waals surface area (Å²) in [4.78, 5) is 23.8. The van der Waals surface area contributed by atoms with Crippen molar-refractivity contribution in [3.63, 3.8) is 0 Å². The zero-order chi connectivity index (χ0) is 17.0. The Hall–Kier alpha value is -2.24. The van der Waals surface area contributed by atoms with Gasteiger partial charge in [0.1, 0.15) is 0 Å². The Morgan fingerprint density at radius 3 is 2.65 bits per heavy atom. The van der Waals surface area contributed by atoms with Crippen LogP contribution in [0.3, 0.4) is 0 Å². The van der Waals surface area contributed by atoms with Crippen LogP contribution in [0.4, 0.5) is 0 Å². The molecule has 1 aliphatic heterocycles. The molecule has 0 spiro atoms. The summed E-state index contributed by atoms with van der Waals surface area (Å²) in [7, 11) is 0. The van der Waals surface area contributed by atoms with E-state index in [0.29, 0.717) is 17.9 Å². The van der Waals surface area contributed by atoms with Gasteiger partial charge in [-0.15, -0.1) is 0 Å². The van der Waals surface area contributed by atoms with Gasteiger partial charge >= 0.3 is 5.97 Å². The van der Waals surface area contributed by atoms with Crippen LogP contribution in [0.15, 0.2) is 18.2 Å². The fourth-order valence-corrected chi connectivity index (χ4v) is 2.12. The second-order valence-electron chi connectivity index (χ2n) is 6.56. The molecule has 1 atom stereocenters. The van der Waals surface area contributed by atoms with Gasteiger partial charge in [-0.3, -0.25) is 9.59 Å². The van der Waals surface area contributed by atoms with Gasteiger partial charge in [-0.25, -0.2) is 0 Å². The Morgan fingerprint density at radius 2 is 1.96 bits per heavy atom. The highest BCUT2D eigenvalue weighted by Gasteiger charge is 2.22. The molecule has 1 aromatic carbocycles. The van der Waals surface area contributed by atoms with Crippen molar-refractivity contribution in [1.29, 1.82) is 0 Å². The van der Waals surface area contributed by atoms with Crippen molar-refractivity contribution >= 4 is 11.9 Å². The standard InChI is InChI=1S/C17H23NO5/c1-11(16(20)18-17(2,3)4)23-15(19)8-6-12-5-7-13-14(9-12)22-10-21-13/h5,7,9,11H,6,8,10H2,1-4H3,(H,18,20). The third-order valence-corrected chi connectivity index (χ3v) is 3.23. The van der Waals surface area contributed by atoms with Crippen LogP contribution < -0.4 is 14.8 Å². The van der Waals surface area contributed by atoms with Crippen molar-refractivity contribution in [1.82, 2.24) is 5.32 Å². The molecule has 1 aromatic rings. The van der Waals surface area contributed by atoms with Crippen molar-refractivity contribution in [2.45, 2.75) is 52.2 Å². The van der Waals surface area contributed by atoms with E-state index in [-0.39, 0.29) is 24.7 Å². The SMILES string of the molecule is CC(OC(=O)CCc1ccc2c(c1)OCO2)C(=O)NC(C)(C)C. The van der Waals surface area contributed by atoms with Crippen molar-refractivity contribution in [3.05, 3.63) is 23.8 Å². The Labute approximate surface area is 136 Å². The van der Waals surface area contributed by atoms with Crippen LogP contribution in [0, 0.1) is 0 Å². The van der Waals surface area contributed by atoms with Gasteiger partial charge in [-0.05, 0) is 51.8 Å². The van der Waals surface area contributed by atoms with E-state index in [0.717, 1.165) is 5.56 Å². The molecule has 0 saturated carbocycles. The number of aryl methyl sites for hydroxylation is 1. The second-order valence-corrected chi connectivity index (χ2v) is 6.56. The number of nitrogens with one attached hydrogen (secondary N) is 1. The van der Waals surface area contributed by atoms with Crippen LogP contribution in [-0.2, 0) is 20.7 Å². The number of hydrogen-bond acceptors (Lipinski definition) is 5. The fraction of sp³-hybridized carbons (Fsp3) is 0.529. The van der Waals surface area contributed by atoms with Gasteiger partial charge in [0.05, 0.1) is 0 Å². The smallest absolute Gasteiger partial charge is 0.306 e. The molecule has 126 valence electrons. The van der Waals surface area contributed by atoms with Gasteiger partial charge in [-0.1, -0.05) is 6.07 Å². The lowest BCUT2D eigenvalue weighted by Crippen LogP contribution is -2.46. The van der Waals surface area contributed by atoms with E-state index >= 15 is 0 Å². The second kappa shape index (κ2) is 6.89. The number of carbonyl (C=O) groups is 2. The maximum Gasteiger partial charge on any atom is 0.306 e. The van der Waals surface area contributed by atoms with Crippen molar-refractivity contribution < 1.29 is 23.8 Å². The molecule has 23 heavy (non-hydrogen) atoms. The van der Waals surface area contributed by atoms with Crippen LogP contribution >= 0.6 is 0 Å². The highest BCUT2D eigenvalue weighted by molar-refractivity contribution is 5.83. The van der Waals surface area contributed by atoms with Crippen molar-refractivity contribution in [2.24, 2.45) is 0 Å². The minimum absolute atomic E-state index is 0.201. The lowest BCUT2D eigenvalue weighted by Gasteiger charge is -2.23. The summed E-state index contributed by atoms with van der Waals surface area (Å²) in [5, 5.41) is 2.78. The highest BCUT2D eigenvalue weighted by atomic mass is 16.7. The van der Waals surface area contributed by atoms with E-state index < -0.39 is 12.1 Å². The van der Waals surface area contributed by atoms with Gasteiger partial charge in [0, 0.05) is 12.0 Å². The molecule has 1 unspecified atom stereocenters. The molecule has 1 amide bonds. The lowest BCUT2D eigenvalue weighted by molar-refractivity contribution is -0.155. The van der Waals surface area contributed by atoms with Crippen LogP contribution in [0.2, 0.25) is 0 Å². The monoisotopic (exact) mass is 321 g/mol. The summed E-state index contributed by atoms with van der Waals surface area (Å²) in [6.45, 7) is 7.41. The molecule has 6 heteroatoms. The van der Waals surface area contributed by atoms with E-state index in [2.05, 4.69) is 5.32 Å². The van der Waals surface area contributed by atoms with Gasteiger partial charge in [0.15, 0.2) is 17.6 Å². The maximum atomic E-state index is 11.9. The maximum absolute atomic E-state index is 11.9. The number of fused-ring (bicyclic) bond motifs is 1. The first-order valence-electron chi connectivity index (χ1n) is 7.64. The molecule has 6 nitrogen and oxygen atoms in total. The molecule has 0 aromatic heterocycles. The molecule has 0 fully saturated rings. The summed E-state index contributed by atoms with van der Waals surface area (Å²) < 4.78 is 15.7. The van der Waals surface area contributed by atoms with Gasteiger partial charge in [-0.2, -0.15) is 0 Å². The molecule has 0 radical (unpaired) electrons. The minimum Gasteiger partial charge on any atom is -0.454 e. The van der Waals surface area contributed by atoms with E-state index in [1.165, 1.54) is 0 Å². The minimum atomic E-state index is -0.807. The summed E-state index contributed by atoms with van der Waals surface area (Å²) in [5.74, 6) is 0.700. The molecule has 2 rings (SSSR count). The Balaban J connectivity index is 1.80. The number of amides is 1. The van der Waals surface area contributed by atoms with E-state index in [1.54, 1.807) is 6.92 Å². The van der Waals surface area contributed by atoms with Crippen LogP contribution in [0.5, 0.6) is 11.5 Å². The number of hydrogen-bond donors (Lipinski definition) is 1. The predicted octanol–water partition coefficient (Wildman–Crippen LogP) is 2.19. The topological polar surface area (TPSA) is 73.9 Å². The van der Waals surface area contributed by atoms with Crippen molar-refractivity contribution in [3.8, 4) is 11.5 Å². The first kappa shape index (κ1) is 17.1. The van der Waals surface area contributed by atoms with E-state index in [9.17, 15) is 9.59 Å². The van der Waals surface area contributed by atoms with E-state index in [4.69, 9.17) is 14.2 Å². The van der Waals surface area contributed by atoms with Gasteiger partial charge in [0.2, 0.25) is 6.79 Å². The van der Waals surface area contributed by atoms with Gasteiger partial charge < -0.3 is 19.5 Å². The number of ether oxygens (including phenoxy) is 3. The largest absolute Gasteiger partial charge is 0.454 e. The summed E-state index contributed by atoms with van der Waals surface area (Å²) in [6, 6.07) is 5.56. The summed E-state index contributed by atoms with van der Waals surface area (Å²) in [5.41, 5.74) is 0.600. The molecule has 0 saturated heterocycles. The normalized spacial score (nSPS) is 14.3. The first-order chi connectivity index (χ1) is 10.7. The van der Waals surface area contributed by atoms with Crippen LogP contribution in [-0.4, -0.2) is 30.3 Å². The Bertz CT molecular complexity index is 591. The Morgan fingerprint density at radius 1 is 1.26 bits per heavy atom. The summed E-state index contributed by atoms with van der Waals surface area (Å²) >= 11 is 0. The molecule has 1 heterocycles. The third-order valence-electron chi connectivity index (χ3n) is 3.23. The van der Waals surface area contributed by atoms with Gasteiger partial charge in [0.25, 0.3) is 5.91 Å². The zero-order valence-corrected chi connectivity index (χ0v) is 14.0. The molecule has 1 aliphatic rings.